The van der Waals surface area contributed by atoms with Crippen molar-refractivity contribution >= 4 is 11.2 Å². The van der Waals surface area contributed by atoms with Crippen molar-refractivity contribution in [2.45, 2.75) is 32.6 Å². The highest BCUT2D eigenvalue weighted by atomic mass is 16.2. The topological polar surface area (TPSA) is 120 Å². The van der Waals surface area contributed by atoms with E-state index >= 15 is 0 Å². The number of imidazole rings is 1. The van der Waals surface area contributed by atoms with Crippen LogP contribution >= 0.6 is 0 Å². The molecule has 1 unspecified atom stereocenters. The van der Waals surface area contributed by atoms with Gasteiger partial charge in [-0.1, -0.05) is 13.3 Å². The molecule has 2 heterocycles. The lowest BCUT2D eigenvalue weighted by Crippen LogP contribution is -2.21. The average molecular weight is 265 g/mol. The molecule has 0 bridgehead atoms. The maximum atomic E-state index is 11.5. The molecule has 0 aromatic carbocycles. The predicted molar refractivity (Wildman–Crippen MR) is 73.1 cm³/mol. The summed E-state index contributed by atoms with van der Waals surface area (Å²) in [5, 5.41) is 0. The number of H-pyrrole nitrogens is 3. The summed E-state index contributed by atoms with van der Waals surface area (Å²) in [6.45, 7) is 2.83. The molecule has 104 valence electrons. The number of fused-ring (bicyclic) bond motifs is 1. The van der Waals surface area contributed by atoms with Crippen LogP contribution in [0.4, 0.5) is 0 Å². The second-order valence-electron chi connectivity index (χ2n) is 4.71. The van der Waals surface area contributed by atoms with Gasteiger partial charge in [0.2, 0.25) is 0 Å². The largest absolute Gasteiger partial charge is 0.336 e. The van der Waals surface area contributed by atoms with Gasteiger partial charge in [0.25, 0.3) is 5.56 Å². The normalized spacial score (nSPS) is 12.9. The Balaban J connectivity index is 2.16. The van der Waals surface area contributed by atoms with Crippen LogP contribution in [0.3, 0.4) is 0 Å². The summed E-state index contributed by atoms with van der Waals surface area (Å²) in [4.78, 5) is 34.5. The van der Waals surface area contributed by atoms with Crippen LogP contribution in [0.15, 0.2) is 9.59 Å². The molecule has 5 N–H and O–H groups in total. The first-order valence-corrected chi connectivity index (χ1v) is 6.55. The van der Waals surface area contributed by atoms with Crippen LogP contribution in [0.1, 0.15) is 32.0 Å². The number of nitrogens with two attached hydrogens (primary N) is 1. The Morgan fingerprint density at radius 2 is 2.00 bits per heavy atom. The Hall–Kier alpha value is -1.89. The monoisotopic (exact) mass is 265 g/mol. The molecule has 0 radical (unpaired) electrons. The van der Waals surface area contributed by atoms with Crippen LogP contribution < -0.4 is 17.0 Å². The minimum Gasteiger partial charge on any atom is -0.336 e. The number of nitrogens with zero attached hydrogens (tertiary/aromatic N) is 1. The second kappa shape index (κ2) is 5.83. The molecule has 0 amide bonds. The lowest BCUT2D eigenvalue weighted by molar-refractivity contribution is 0.440. The van der Waals surface area contributed by atoms with Crippen molar-refractivity contribution in [3.63, 3.8) is 0 Å². The summed E-state index contributed by atoms with van der Waals surface area (Å²) in [6, 6.07) is 0. The summed E-state index contributed by atoms with van der Waals surface area (Å²) in [6.07, 6.45) is 3.79. The number of rotatable bonds is 6. The Kier molecular flexibility index (Phi) is 4.16. The Morgan fingerprint density at radius 3 is 2.68 bits per heavy atom. The third kappa shape index (κ3) is 3.11. The lowest BCUT2D eigenvalue weighted by atomic mass is 9.97. The highest BCUT2D eigenvalue weighted by Crippen LogP contribution is 2.15. The summed E-state index contributed by atoms with van der Waals surface area (Å²) in [5.41, 5.74) is 5.22. The van der Waals surface area contributed by atoms with Gasteiger partial charge in [-0.3, -0.25) is 14.8 Å². The standard InChI is InChI=1S/C12H19N5O2/c1-2-7(5-6-13)3-4-8-14-9-10(15-8)16-12(19)17-11(9)18/h7H,2-6,13H2,1H3,(H3,14,15,16,17,18,19). The molecule has 0 spiro atoms. The number of aryl methyl sites for hydroxylation is 1. The maximum absolute atomic E-state index is 11.5. The number of nitrogens with one attached hydrogen (secondary N) is 3. The van der Waals surface area contributed by atoms with Gasteiger partial charge in [0.1, 0.15) is 11.3 Å². The lowest BCUT2D eigenvalue weighted by Gasteiger charge is -2.11. The SMILES string of the molecule is CCC(CCN)CCc1nc2[nH]c(=O)[nH]c(=O)c2[nH]1. The van der Waals surface area contributed by atoms with Crippen molar-refractivity contribution in [2.75, 3.05) is 6.54 Å². The van der Waals surface area contributed by atoms with Crippen LogP contribution in [-0.4, -0.2) is 26.5 Å². The minimum atomic E-state index is -0.537. The molecular weight excluding hydrogens is 246 g/mol. The molecule has 0 aliphatic carbocycles. The van der Waals surface area contributed by atoms with E-state index in [9.17, 15) is 9.59 Å². The third-order valence-electron chi connectivity index (χ3n) is 3.38. The fourth-order valence-corrected chi connectivity index (χ4v) is 2.23. The van der Waals surface area contributed by atoms with Crippen molar-refractivity contribution in [1.29, 1.82) is 0 Å². The molecule has 7 heteroatoms. The molecule has 0 aliphatic rings. The van der Waals surface area contributed by atoms with Gasteiger partial charge >= 0.3 is 5.69 Å². The van der Waals surface area contributed by atoms with Gasteiger partial charge in [0.15, 0.2) is 5.65 Å². The molecule has 7 nitrogen and oxygen atoms in total. The summed E-state index contributed by atoms with van der Waals surface area (Å²) in [7, 11) is 0. The molecular formula is C12H19N5O2. The molecule has 19 heavy (non-hydrogen) atoms. The van der Waals surface area contributed by atoms with Crippen LogP contribution in [0, 0.1) is 5.92 Å². The van der Waals surface area contributed by atoms with Crippen LogP contribution in [0.2, 0.25) is 0 Å². The third-order valence-corrected chi connectivity index (χ3v) is 3.38. The maximum Gasteiger partial charge on any atom is 0.327 e. The molecule has 2 aromatic rings. The van der Waals surface area contributed by atoms with E-state index < -0.39 is 11.2 Å². The zero-order valence-electron chi connectivity index (χ0n) is 11.0. The Morgan fingerprint density at radius 1 is 1.21 bits per heavy atom. The van der Waals surface area contributed by atoms with Crippen LogP contribution in [-0.2, 0) is 6.42 Å². The van der Waals surface area contributed by atoms with Crippen molar-refractivity contribution in [1.82, 2.24) is 19.9 Å². The van der Waals surface area contributed by atoms with Gasteiger partial charge in [-0.25, -0.2) is 9.78 Å². The highest BCUT2D eigenvalue weighted by molar-refractivity contribution is 5.68. The summed E-state index contributed by atoms with van der Waals surface area (Å²) in [5.74, 6) is 1.29. The first-order valence-electron chi connectivity index (χ1n) is 6.55. The number of aromatic amines is 3. The van der Waals surface area contributed by atoms with Gasteiger partial charge in [-0.2, -0.15) is 0 Å². The Bertz CT molecular complexity index is 654. The molecule has 0 fully saturated rings. The first-order chi connectivity index (χ1) is 9.13. The zero-order valence-corrected chi connectivity index (χ0v) is 11.0. The fourth-order valence-electron chi connectivity index (χ4n) is 2.23. The van der Waals surface area contributed by atoms with E-state index in [0.717, 1.165) is 31.5 Å². The fraction of sp³-hybridized carbons (Fsp3) is 0.583. The van der Waals surface area contributed by atoms with E-state index in [2.05, 4.69) is 26.9 Å². The molecule has 2 rings (SSSR count). The zero-order chi connectivity index (χ0) is 13.8. The molecule has 0 aliphatic heterocycles. The number of hydrogen-bond donors (Lipinski definition) is 4. The second-order valence-corrected chi connectivity index (χ2v) is 4.71. The van der Waals surface area contributed by atoms with E-state index in [1.165, 1.54) is 0 Å². The van der Waals surface area contributed by atoms with Gasteiger partial charge in [0.05, 0.1) is 0 Å². The average Bonchev–Trinajstić information content (AvgIpc) is 2.77. The molecule has 2 aromatic heterocycles. The Labute approximate surface area is 109 Å². The van der Waals surface area contributed by atoms with E-state index in [4.69, 9.17) is 5.73 Å². The summed E-state index contributed by atoms with van der Waals surface area (Å²) < 4.78 is 0. The summed E-state index contributed by atoms with van der Waals surface area (Å²) >= 11 is 0. The number of hydrogen-bond acceptors (Lipinski definition) is 4. The van der Waals surface area contributed by atoms with Crippen LogP contribution in [0.5, 0.6) is 0 Å². The van der Waals surface area contributed by atoms with Crippen molar-refractivity contribution < 1.29 is 0 Å². The minimum absolute atomic E-state index is 0.315. The van der Waals surface area contributed by atoms with Crippen molar-refractivity contribution in [2.24, 2.45) is 11.7 Å². The quantitative estimate of drug-likeness (QED) is 0.598. The van der Waals surface area contributed by atoms with Gasteiger partial charge in [-0.15, -0.1) is 0 Å². The van der Waals surface area contributed by atoms with E-state index in [1.807, 2.05) is 0 Å². The molecule has 1 atom stereocenters. The van der Waals surface area contributed by atoms with E-state index in [-0.39, 0.29) is 0 Å². The van der Waals surface area contributed by atoms with E-state index in [0.29, 0.717) is 23.6 Å². The van der Waals surface area contributed by atoms with E-state index in [1.54, 1.807) is 0 Å². The van der Waals surface area contributed by atoms with Gasteiger partial charge < -0.3 is 10.7 Å². The molecule has 0 saturated carbocycles. The molecule has 0 saturated heterocycles. The predicted octanol–water partition coefficient (Wildman–Crippen LogP) is 0.247. The number of aromatic nitrogens is 4. The van der Waals surface area contributed by atoms with Crippen LogP contribution in [0.25, 0.3) is 11.2 Å². The van der Waals surface area contributed by atoms with Crippen molar-refractivity contribution in [3.05, 3.63) is 26.7 Å². The smallest absolute Gasteiger partial charge is 0.327 e. The van der Waals surface area contributed by atoms with Gasteiger partial charge in [-0.05, 0) is 25.3 Å². The first kappa shape index (κ1) is 13.5. The van der Waals surface area contributed by atoms with Crippen molar-refractivity contribution in [3.8, 4) is 0 Å². The van der Waals surface area contributed by atoms with Gasteiger partial charge in [0, 0.05) is 6.42 Å². The highest BCUT2D eigenvalue weighted by Gasteiger charge is 2.10.